The molecule has 2 aromatic rings. The van der Waals surface area contributed by atoms with Crippen molar-refractivity contribution in [1.29, 1.82) is 0 Å². The van der Waals surface area contributed by atoms with Gasteiger partial charge in [0.1, 0.15) is 0 Å². The molecule has 0 aliphatic heterocycles. The van der Waals surface area contributed by atoms with E-state index in [1.54, 1.807) is 12.1 Å². The minimum Gasteiger partial charge on any atom is -0.459 e. The lowest BCUT2D eigenvalue weighted by Crippen LogP contribution is -2.10. The highest BCUT2D eigenvalue weighted by atomic mass is 16.6. The molecule has 0 radical (unpaired) electrons. The van der Waals surface area contributed by atoms with Crippen molar-refractivity contribution >= 4 is 11.6 Å². The molecule has 0 unspecified atom stereocenters. The summed E-state index contributed by atoms with van der Waals surface area (Å²) >= 11 is 0. The van der Waals surface area contributed by atoms with Crippen LogP contribution in [0.4, 0.5) is 5.69 Å². The van der Waals surface area contributed by atoms with E-state index in [1.165, 1.54) is 24.5 Å². The molecule has 0 aliphatic carbocycles. The molecule has 2 rings (SSSR count). The van der Waals surface area contributed by atoms with Crippen LogP contribution in [0.1, 0.15) is 10.6 Å². The summed E-state index contributed by atoms with van der Waals surface area (Å²) in [6.45, 7) is 0. The predicted molar refractivity (Wildman–Crippen MR) is 59.3 cm³/mol. The Morgan fingerprint density at radius 2 is 2.12 bits per heavy atom. The number of hydrogen-bond donors (Lipinski definition) is 1. The summed E-state index contributed by atoms with van der Waals surface area (Å²) in [5, 5.41) is 10.6. The first-order valence-electron chi connectivity index (χ1n) is 4.71. The summed E-state index contributed by atoms with van der Waals surface area (Å²) in [5.41, 5.74) is 6.03. The van der Waals surface area contributed by atoms with E-state index in [2.05, 4.69) is 0 Å². The van der Waals surface area contributed by atoms with Gasteiger partial charge in [-0.05, 0) is 11.6 Å². The second-order valence-electron chi connectivity index (χ2n) is 3.34. The number of nitrogens with zero attached hydrogens (tertiary/aromatic N) is 1. The molecule has 1 aromatic heterocycles. The van der Waals surface area contributed by atoms with Crippen molar-refractivity contribution in [3.05, 3.63) is 52.5 Å². The van der Waals surface area contributed by atoms with E-state index < -0.39 is 10.8 Å². The van der Waals surface area contributed by atoms with E-state index in [9.17, 15) is 14.9 Å². The van der Waals surface area contributed by atoms with Crippen LogP contribution in [0.5, 0.6) is 0 Å². The topological polar surface area (TPSA) is 99.4 Å². The van der Waals surface area contributed by atoms with E-state index in [0.717, 1.165) is 0 Å². The molecular formula is C11H8N2O4. The lowest BCUT2D eigenvalue weighted by atomic mass is 10.1. The van der Waals surface area contributed by atoms with Crippen molar-refractivity contribution in [2.24, 2.45) is 5.73 Å². The number of carbonyl (C=O) groups is 1. The number of nitro benzene ring substituents is 1. The van der Waals surface area contributed by atoms with Crippen molar-refractivity contribution < 1.29 is 14.1 Å². The van der Waals surface area contributed by atoms with Gasteiger partial charge in [-0.15, -0.1) is 0 Å². The van der Waals surface area contributed by atoms with Crippen molar-refractivity contribution in [1.82, 2.24) is 0 Å². The number of benzene rings is 1. The summed E-state index contributed by atoms with van der Waals surface area (Å²) in [6, 6.07) is 7.44. The van der Waals surface area contributed by atoms with Gasteiger partial charge in [0.2, 0.25) is 0 Å². The van der Waals surface area contributed by atoms with Crippen molar-refractivity contribution in [3.8, 4) is 11.1 Å². The van der Waals surface area contributed by atoms with Crippen LogP contribution < -0.4 is 5.73 Å². The van der Waals surface area contributed by atoms with Crippen LogP contribution in [-0.4, -0.2) is 10.8 Å². The number of primary amides is 1. The third-order valence-corrected chi connectivity index (χ3v) is 2.26. The first kappa shape index (κ1) is 10.9. The van der Waals surface area contributed by atoms with E-state index in [1.807, 2.05) is 0 Å². The highest BCUT2D eigenvalue weighted by Gasteiger charge is 2.15. The molecule has 0 saturated heterocycles. The summed E-state index contributed by atoms with van der Waals surface area (Å²) in [6.07, 6.45) is 1.31. The number of non-ortho nitro benzene ring substituents is 1. The molecule has 0 fully saturated rings. The standard InChI is InChI=1S/C11H8N2O4/c12-11(14)10-9(4-5-17-10)7-2-1-3-8(6-7)13(15)16/h1-6H,(H2,12,14). The summed E-state index contributed by atoms with van der Waals surface area (Å²) in [7, 11) is 0. The van der Waals surface area contributed by atoms with Gasteiger partial charge < -0.3 is 10.2 Å². The number of rotatable bonds is 3. The lowest BCUT2D eigenvalue weighted by molar-refractivity contribution is -0.384. The molecule has 0 atom stereocenters. The molecule has 6 nitrogen and oxygen atoms in total. The van der Waals surface area contributed by atoms with Crippen molar-refractivity contribution in [3.63, 3.8) is 0 Å². The minimum absolute atomic E-state index is 0.00880. The number of amides is 1. The number of nitro groups is 1. The van der Waals surface area contributed by atoms with Gasteiger partial charge in [-0.1, -0.05) is 12.1 Å². The highest BCUT2D eigenvalue weighted by molar-refractivity contribution is 5.97. The molecule has 86 valence electrons. The van der Waals surface area contributed by atoms with Crippen LogP contribution in [0.2, 0.25) is 0 Å². The second-order valence-corrected chi connectivity index (χ2v) is 3.34. The Kier molecular flexibility index (Phi) is 2.61. The molecule has 1 amide bonds. The molecule has 0 aliphatic rings. The van der Waals surface area contributed by atoms with Crippen molar-refractivity contribution in [2.75, 3.05) is 0 Å². The smallest absolute Gasteiger partial charge is 0.285 e. The molecule has 17 heavy (non-hydrogen) atoms. The molecule has 2 N–H and O–H groups in total. The van der Waals surface area contributed by atoms with E-state index in [-0.39, 0.29) is 11.4 Å². The Balaban J connectivity index is 2.53. The fourth-order valence-electron chi connectivity index (χ4n) is 1.51. The first-order valence-corrected chi connectivity index (χ1v) is 4.71. The second kappa shape index (κ2) is 4.09. The SMILES string of the molecule is NC(=O)c1occc1-c1cccc([N+](=O)[O-])c1. The average Bonchev–Trinajstić information content (AvgIpc) is 2.78. The molecule has 1 heterocycles. The average molecular weight is 232 g/mol. The summed E-state index contributed by atoms with van der Waals surface area (Å²) in [4.78, 5) is 21.2. The maximum atomic E-state index is 11.1. The maximum Gasteiger partial charge on any atom is 0.285 e. The van der Waals surface area contributed by atoms with E-state index in [4.69, 9.17) is 10.2 Å². The fraction of sp³-hybridized carbons (Fsp3) is 0. The molecule has 1 aromatic carbocycles. The minimum atomic E-state index is -0.712. The van der Waals surface area contributed by atoms with Gasteiger partial charge in [-0.25, -0.2) is 0 Å². The monoisotopic (exact) mass is 232 g/mol. The third kappa shape index (κ3) is 2.00. The molecule has 6 heteroatoms. The van der Waals surface area contributed by atoms with Gasteiger partial charge in [0, 0.05) is 17.7 Å². The van der Waals surface area contributed by atoms with Crippen LogP contribution in [0.25, 0.3) is 11.1 Å². The molecule has 0 bridgehead atoms. The Morgan fingerprint density at radius 3 is 2.76 bits per heavy atom. The van der Waals surface area contributed by atoms with Crippen LogP contribution in [-0.2, 0) is 0 Å². The Labute approximate surface area is 95.8 Å². The Hall–Kier alpha value is -2.63. The quantitative estimate of drug-likeness (QED) is 0.645. The zero-order valence-corrected chi connectivity index (χ0v) is 8.62. The Bertz CT molecular complexity index is 589. The Morgan fingerprint density at radius 1 is 1.35 bits per heavy atom. The fourth-order valence-corrected chi connectivity index (χ4v) is 1.51. The van der Waals surface area contributed by atoms with Gasteiger partial charge in [0.25, 0.3) is 11.6 Å². The molecular weight excluding hydrogens is 224 g/mol. The molecule has 0 saturated carbocycles. The lowest BCUT2D eigenvalue weighted by Gasteiger charge is -1.99. The van der Waals surface area contributed by atoms with Crippen LogP contribution in [0.15, 0.2) is 41.0 Å². The predicted octanol–water partition coefficient (Wildman–Crippen LogP) is 1.95. The molecule has 0 spiro atoms. The van der Waals surface area contributed by atoms with E-state index >= 15 is 0 Å². The van der Waals surface area contributed by atoms with Gasteiger partial charge in [0.15, 0.2) is 5.76 Å². The number of nitrogens with two attached hydrogens (primary N) is 1. The van der Waals surface area contributed by atoms with Crippen molar-refractivity contribution in [2.45, 2.75) is 0 Å². The van der Waals surface area contributed by atoms with Crippen LogP contribution >= 0.6 is 0 Å². The number of furan rings is 1. The maximum absolute atomic E-state index is 11.1. The number of hydrogen-bond acceptors (Lipinski definition) is 4. The van der Waals surface area contributed by atoms with Gasteiger partial charge in [-0.3, -0.25) is 14.9 Å². The van der Waals surface area contributed by atoms with Gasteiger partial charge in [-0.2, -0.15) is 0 Å². The largest absolute Gasteiger partial charge is 0.459 e. The zero-order valence-electron chi connectivity index (χ0n) is 8.62. The normalized spacial score (nSPS) is 10.1. The van der Waals surface area contributed by atoms with Crippen LogP contribution in [0, 0.1) is 10.1 Å². The van der Waals surface area contributed by atoms with Crippen LogP contribution in [0.3, 0.4) is 0 Å². The first-order chi connectivity index (χ1) is 8.09. The summed E-state index contributed by atoms with van der Waals surface area (Å²) in [5.74, 6) is -0.720. The van der Waals surface area contributed by atoms with E-state index in [0.29, 0.717) is 11.1 Å². The van der Waals surface area contributed by atoms with Gasteiger partial charge in [0.05, 0.1) is 11.2 Å². The highest BCUT2D eigenvalue weighted by Crippen LogP contribution is 2.27. The third-order valence-electron chi connectivity index (χ3n) is 2.26. The van der Waals surface area contributed by atoms with Gasteiger partial charge >= 0.3 is 0 Å². The summed E-state index contributed by atoms with van der Waals surface area (Å²) < 4.78 is 4.94. The number of carbonyl (C=O) groups excluding carboxylic acids is 1. The zero-order chi connectivity index (χ0) is 12.4.